The molecule has 0 saturated heterocycles. The second-order valence-electron chi connectivity index (χ2n) is 4.48. The van der Waals surface area contributed by atoms with Gasteiger partial charge in [-0.15, -0.1) is 0 Å². The predicted octanol–water partition coefficient (Wildman–Crippen LogP) is 1.85. The quantitative estimate of drug-likeness (QED) is 0.854. The Balaban J connectivity index is 2.35. The van der Waals surface area contributed by atoms with Crippen LogP contribution in [0.25, 0.3) is 0 Å². The van der Waals surface area contributed by atoms with E-state index in [0.29, 0.717) is 5.82 Å². The Labute approximate surface area is 113 Å². The molecule has 0 amide bonds. The van der Waals surface area contributed by atoms with Gasteiger partial charge in [0.2, 0.25) is 0 Å². The van der Waals surface area contributed by atoms with Gasteiger partial charge in [0.05, 0.1) is 6.04 Å². The first-order valence-electron chi connectivity index (χ1n) is 6.44. The van der Waals surface area contributed by atoms with Gasteiger partial charge in [-0.1, -0.05) is 13.0 Å². The molecule has 2 aromatic heterocycles. The summed E-state index contributed by atoms with van der Waals surface area (Å²) in [7, 11) is 0. The zero-order valence-corrected chi connectivity index (χ0v) is 11.3. The highest BCUT2D eigenvalue weighted by molar-refractivity contribution is 5.43. The van der Waals surface area contributed by atoms with Crippen LogP contribution in [0.3, 0.4) is 0 Å². The number of nitrogens with one attached hydrogen (secondary N) is 1. The van der Waals surface area contributed by atoms with Gasteiger partial charge in [0, 0.05) is 24.2 Å². The Morgan fingerprint density at radius 2 is 2.00 bits per heavy atom. The third-order valence-corrected chi connectivity index (χ3v) is 2.84. The molecular weight excluding hydrogens is 238 g/mol. The van der Waals surface area contributed by atoms with Crippen LogP contribution in [0.4, 0.5) is 5.82 Å². The molecule has 0 fully saturated rings. The highest BCUT2D eigenvalue weighted by Gasteiger charge is 2.18. The minimum Gasteiger partial charge on any atom is -0.383 e. The summed E-state index contributed by atoms with van der Waals surface area (Å²) in [6.07, 6.45) is 6.35. The fourth-order valence-corrected chi connectivity index (χ4v) is 1.85. The van der Waals surface area contributed by atoms with Crippen molar-refractivity contribution in [2.75, 3.05) is 12.3 Å². The van der Waals surface area contributed by atoms with E-state index in [1.165, 1.54) is 0 Å². The number of nitrogen functional groups attached to an aromatic ring is 1. The Bertz CT molecular complexity index is 524. The standard InChI is InChI=1S/C14H19N5/c1-3-6-16-12(11-5-4-7-17-13(11)15)14-18-8-10(2)9-19-14/h4-5,7-9,12,16H,3,6H2,1-2H3,(H2,15,17). The average molecular weight is 257 g/mol. The van der Waals surface area contributed by atoms with Gasteiger partial charge in [-0.2, -0.15) is 0 Å². The fourth-order valence-electron chi connectivity index (χ4n) is 1.85. The molecule has 0 radical (unpaired) electrons. The molecule has 2 aromatic rings. The maximum absolute atomic E-state index is 5.95. The number of aromatic nitrogens is 3. The van der Waals surface area contributed by atoms with Gasteiger partial charge >= 0.3 is 0 Å². The summed E-state index contributed by atoms with van der Waals surface area (Å²) in [6.45, 7) is 4.96. The Hall–Kier alpha value is -2.01. The van der Waals surface area contributed by atoms with Crippen molar-refractivity contribution in [3.05, 3.63) is 47.7 Å². The monoisotopic (exact) mass is 257 g/mol. The van der Waals surface area contributed by atoms with Gasteiger partial charge < -0.3 is 11.1 Å². The summed E-state index contributed by atoms with van der Waals surface area (Å²) in [5, 5.41) is 3.42. The lowest BCUT2D eigenvalue weighted by Crippen LogP contribution is -2.26. The van der Waals surface area contributed by atoms with Crippen LogP contribution in [0.5, 0.6) is 0 Å². The van der Waals surface area contributed by atoms with E-state index in [1.807, 2.05) is 31.5 Å². The van der Waals surface area contributed by atoms with E-state index in [2.05, 4.69) is 27.2 Å². The largest absolute Gasteiger partial charge is 0.383 e. The van der Waals surface area contributed by atoms with Crippen molar-refractivity contribution in [1.29, 1.82) is 0 Å². The molecule has 0 spiro atoms. The Morgan fingerprint density at radius 1 is 1.26 bits per heavy atom. The molecule has 3 N–H and O–H groups in total. The van der Waals surface area contributed by atoms with Crippen molar-refractivity contribution < 1.29 is 0 Å². The molecule has 5 heteroatoms. The molecule has 2 rings (SSSR count). The topological polar surface area (TPSA) is 76.7 Å². The summed E-state index contributed by atoms with van der Waals surface area (Å²) in [5.74, 6) is 1.24. The van der Waals surface area contributed by atoms with Crippen LogP contribution in [-0.4, -0.2) is 21.5 Å². The van der Waals surface area contributed by atoms with Crippen LogP contribution in [0.1, 0.15) is 36.3 Å². The minimum atomic E-state index is -0.116. The van der Waals surface area contributed by atoms with Crippen molar-refractivity contribution in [2.45, 2.75) is 26.3 Å². The number of hydrogen-bond donors (Lipinski definition) is 2. The second kappa shape index (κ2) is 6.24. The van der Waals surface area contributed by atoms with Crippen molar-refractivity contribution >= 4 is 5.82 Å². The van der Waals surface area contributed by atoms with Crippen LogP contribution in [0.15, 0.2) is 30.7 Å². The third kappa shape index (κ3) is 3.26. The fraction of sp³-hybridized carbons (Fsp3) is 0.357. The van der Waals surface area contributed by atoms with E-state index in [4.69, 9.17) is 5.73 Å². The number of anilines is 1. The summed E-state index contributed by atoms with van der Waals surface area (Å²) >= 11 is 0. The predicted molar refractivity (Wildman–Crippen MR) is 75.6 cm³/mol. The van der Waals surface area contributed by atoms with E-state index in [1.54, 1.807) is 6.20 Å². The van der Waals surface area contributed by atoms with Gasteiger partial charge in [-0.25, -0.2) is 15.0 Å². The van der Waals surface area contributed by atoms with Crippen LogP contribution in [0, 0.1) is 6.92 Å². The maximum atomic E-state index is 5.95. The number of hydrogen-bond acceptors (Lipinski definition) is 5. The highest BCUT2D eigenvalue weighted by Crippen LogP contribution is 2.22. The lowest BCUT2D eigenvalue weighted by atomic mass is 10.1. The number of rotatable bonds is 5. The molecule has 100 valence electrons. The normalized spacial score (nSPS) is 12.3. The summed E-state index contributed by atoms with van der Waals surface area (Å²) in [4.78, 5) is 12.9. The molecule has 0 aromatic carbocycles. The van der Waals surface area contributed by atoms with Crippen molar-refractivity contribution in [2.24, 2.45) is 0 Å². The van der Waals surface area contributed by atoms with Crippen LogP contribution in [-0.2, 0) is 0 Å². The van der Waals surface area contributed by atoms with Crippen LogP contribution in [0.2, 0.25) is 0 Å². The lowest BCUT2D eigenvalue weighted by Gasteiger charge is -2.18. The van der Waals surface area contributed by atoms with Crippen molar-refractivity contribution in [3.8, 4) is 0 Å². The van der Waals surface area contributed by atoms with Crippen LogP contribution < -0.4 is 11.1 Å². The minimum absolute atomic E-state index is 0.116. The lowest BCUT2D eigenvalue weighted by molar-refractivity contribution is 0.571. The maximum Gasteiger partial charge on any atom is 0.149 e. The first-order valence-corrected chi connectivity index (χ1v) is 6.44. The molecule has 2 heterocycles. The summed E-state index contributed by atoms with van der Waals surface area (Å²) in [5.41, 5.74) is 7.91. The van der Waals surface area contributed by atoms with Gasteiger partial charge in [-0.05, 0) is 31.5 Å². The Kier molecular flexibility index (Phi) is 4.41. The van der Waals surface area contributed by atoms with Gasteiger partial charge in [0.25, 0.3) is 0 Å². The van der Waals surface area contributed by atoms with Crippen molar-refractivity contribution in [3.63, 3.8) is 0 Å². The van der Waals surface area contributed by atoms with E-state index >= 15 is 0 Å². The van der Waals surface area contributed by atoms with Crippen molar-refractivity contribution in [1.82, 2.24) is 20.3 Å². The smallest absolute Gasteiger partial charge is 0.149 e. The number of aryl methyl sites for hydroxylation is 1. The highest BCUT2D eigenvalue weighted by atomic mass is 15.0. The van der Waals surface area contributed by atoms with E-state index in [0.717, 1.165) is 29.9 Å². The van der Waals surface area contributed by atoms with Gasteiger partial charge in [0.15, 0.2) is 0 Å². The molecule has 0 aliphatic rings. The Morgan fingerprint density at radius 3 is 2.63 bits per heavy atom. The average Bonchev–Trinajstić information content (AvgIpc) is 2.43. The van der Waals surface area contributed by atoms with E-state index in [9.17, 15) is 0 Å². The molecule has 19 heavy (non-hydrogen) atoms. The molecule has 1 unspecified atom stereocenters. The third-order valence-electron chi connectivity index (χ3n) is 2.84. The van der Waals surface area contributed by atoms with Gasteiger partial charge in [-0.3, -0.25) is 0 Å². The molecule has 1 atom stereocenters. The van der Waals surface area contributed by atoms with E-state index < -0.39 is 0 Å². The number of nitrogens with zero attached hydrogens (tertiary/aromatic N) is 3. The summed E-state index contributed by atoms with van der Waals surface area (Å²) < 4.78 is 0. The first-order chi connectivity index (χ1) is 9.22. The van der Waals surface area contributed by atoms with Gasteiger partial charge in [0.1, 0.15) is 11.6 Å². The molecule has 5 nitrogen and oxygen atoms in total. The first kappa shape index (κ1) is 13.4. The SMILES string of the molecule is CCCNC(c1ncc(C)cn1)c1cccnc1N. The molecular formula is C14H19N5. The zero-order valence-electron chi connectivity index (χ0n) is 11.3. The molecule has 0 bridgehead atoms. The van der Waals surface area contributed by atoms with Crippen LogP contribution >= 0.6 is 0 Å². The molecule has 0 aliphatic heterocycles. The molecule has 0 aliphatic carbocycles. The second-order valence-corrected chi connectivity index (χ2v) is 4.48. The number of pyridine rings is 1. The molecule has 0 saturated carbocycles. The zero-order chi connectivity index (χ0) is 13.7. The number of nitrogens with two attached hydrogens (primary N) is 1. The van der Waals surface area contributed by atoms with E-state index in [-0.39, 0.29) is 6.04 Å². The summed E-state index contributed by atoms with van der Waals surface area (Å²) in [6, 6.07) is 3.72.